The zero-order chi connectivity index (χ0) is 17.1. The van der Waals surface area contributed by atoms with Crippen LogP contribution in [0.5, 0.6) is 0 Å². The molecule has 9 heteroatoms. The summed E-state index contributed by atoms with van der Waals surface area (Å²) in [5, 5.41) is 4.75. The molecule has 7 nitrogen and oxygen atoms in total. The molecule has 2 aromatic rings. The second-order valence-electron chi connectivity index (χ2n) is 5.53. The fourth-order valence-electron chi connectivity index (χ4n) is 2.79. The quantitative estimate of drug-likeness (QED) is 0.877. The van der Waals surface area contributed by atoms with Gasteiger partial charge in [0.15, 0.2) is 0 Å². The number of carbonyl (C=O) groups excluding carboxylic acids is 1. The Morgan fingerprint density at radius 2 is 2.12 bits per heavy atom. The Labute approximate surface area is 149 Å². The minimum absolute atomic E-state index is 0.00856. The van der Waals surface area contributed by atoms with E-state index in [4.69, 9.17) is 17.3 Å². The number of aromatic nitrogens is 3. The van der Waals surface area contributed by atoms with E-state index >= 15 is 0 Å². The molecule has 1 aromatic carbocycles. The highest BCUT2D eigenvalue weighted by molar-refractivity contribution is 7.99. The first-order valence-electron chi connectivity index (χ1n) is 7.51. The molecule has 2 atom stereocenters. The van der Waals surface area contributed by atoms with Gasteiger partial charge in [-0.3, -0.25) is 4.79 Å². The van der Waals surface area contributed by atoms with Crippen LogP contribution in [-0.2, 0) is 11.3 Å². The normalized spacial score (nSPS) is 21.1. The maximum atomic E-state index is 12.5. The molecule has 2 heterocycles. The average Bonchev–Trinajstić information content (AvgIpc) is 3.08. The smallest absolute Gasteiger partial charge is 0.244 e. The number of piperazine rings is 1. The van der Waals surface area contributed by atoms with Crippen molar-refractivity contribution >= 4 is 35.0 Å². The number of thioether (sulfide) groups is 1. The number of benzene rings is 1. The van der Waals surface area contributed by atoms with Gasteiger partial charge in [-0.1, -0.05) is 11.6 Å². The van der Waals surface area contributed by atoms with Crippen LogP contribution in [0.2, 0.25) is 5.02 Å². The second kappa shape index (κ2) is 7.42. The van der Waals surface area contributed by atoms with Crippen LogP contribution in [0, 0.1) is 0 Å². The third-order valence-corrected chi connectivity index (χ3v) is 5.14. The predicted octanol–water partition coefficient (Wildman–Crippen LogP) is 1.25. The van der Waals surface area contributed by atoms with E-state index in [1.165, 1.54) is 17.3 Å². The third kappa shape index (κ3) is 3.66. The minimum Gasteiger partial charge on any atom is -0.341 e. The molecule has 3 rings (SSSR count). The van der Waals surface area contributed by atoms with Gasteiger partial charge in [0.25, 0.3) is 0 Å². The third-order valence-electron chi connectivity index (χ3n) is 3.96. The van der Waals surface area contributed by atoms with Gasteiger partial charge in [0, 0.05) is 10.7 Å². The first kappa shape index (κ1) is 17.1. The van der Waals surface area contributed by atoms with Crippen molar-refractivity contribution in [2.24, 2.45) is 5.73 Å². The van der Waals surface area contributed by atoms with Gasteiger partial charge in [-0.25, -0.2) is 9.67 Å². The number of amides is 1. The molecule has 1 amide bonds. The lowest BCUT2D eigenvalue weighted by atomic mass is 10.2. The molecular formula is C15H19ClN6OS. The Morgan fingerprint density at radius 3 is 2.75 bits per heavy atom. The summed E-state index contributed by atoms with van der Waals surface area (Å²) in [6.07, 6.45) is 4.69. The SMILES string of the molecule is CSC1CN(C(=O)Cn2cncn2)CC(N)N1c1ccc(Cl)cc1. The van der Waals surface area contributed by atoms with E-state index in [1.807, 2.05) is 30.5 Å². The van der Waals surface area contributed by atoms with Crippen LogP contribution in [0.4, 0.5) is 5.69 Å². The van der Waals surface area contributed by atoms with E-state index in [0.717, 1.165) is 5.69 Å². The van der Waals surface area contributed by atoms with Gasteiger partial charge in [0.1, 0.15) is 19.2 Å². The lowest BCUT2D eigenvalue weighted by Crippen LogP contribution is -2.62. The Morgan fingerprint density at radius 1 is 1.38 bits per heavy atom. The number of carbonyl (C=O) groups is 1. The monoisotopic (exact) mass is 366 g/mol. The zero-order valence-electron chi connectivity index (χ0n) is 13.2. The number of hydrogen-bond acceptors (Lipinski definition) is 6. The van der Waals surface area contributed by atoms with E-state index in [1.54, 1.807) is 16.7 Å². The van der Waals surface area contributed by atoms with Crippen LogP contribution < -0.4 is 10.6 Å². The highest BCUT2D eigenvalue weighted by Crippen LogP contribution is 2.29. The van der Waals surface area contributed by atoms with Gasteiger partial charge >= 0.3 is 0 Å². The van der Waals surface area contributed by atoms with Gasteiger partial charge in [-0.2, -0.15) is 5.10 Å². The maximum Gasteiger partial charge on any atom is 0.244 e. The van der Waals surface area contributed by atoms with Gasteiger partial charge in [0.05, 0.1) is 24.6 Å². The summed E-state index contributed by atoms with van der Waals surface area (Å²) < 4.78 is 1.52. The lowest BCUT2D eigenvalue weighted by Gasteiger charge is -2.46. The topological polar surface area (TPSA) is 80.3 Å². The van der Waals surface area contributed by atoms with Crippen LogP contribution in [0.25, 0.3) is 0 Å². The van der Waals surface area contributed by atoms with Gasteiger partial charge in [0.2, 0.25) is 5.91 Å². The van der Waals surface area contributed by atoms with E-state index in [-0.39, 0.29) is 24.0 Å². The van der Waals surface area contributed by atoms with Gasteiger partial charge in [-0.05, 0) is 30.5 Å². The first-order valence-corrected chi connectivity index (χ1v) is 9.17. The van der Waals surface area contributed by atoms with Crippen LogP contribution in [0.3, 0.4) is 0 Å². The summed E-state index contributed by atoms with van der Waals surface area (Å²) in [5.74, 6) is -0.00856. The predicted molar refractivity (Wildman–Crippen MR) is 95.8 cm³/mol. The fraction of sp³-hybridized carbons (Fsp3) is 0.400. The number of hydrogen-bond donors (Lipinski definition) is 1. The summed E-state index contributed by atoms with van der Waals surface area (Å²) in [5.41, 5.74) is 7.38. The summed E-state index contributed by atoms with van der Waals surface area (Å²) >= 11 is 7.64. The fourth-order valence-corrected chi connectivity index (χ4v) is 3.75. The minimum atomic E-state index is -0.280. The zero-order valence-corrected chi connectivity index (χ0v) is 14.8. The van der Waals surface area contributed by atoms with E-state index in [2.05, 4.69) is 15.0 Å². The number of anilines is 1. The van der Waals surface area contributed by atoms with E-state index in [9.17, 15) is 4.79 Å². The van der Waals surface area contributed by atoms with Crippen LogP contribution in [-0.4, -0.2) is 56.5 Å². The van der Waals surface area contributed by atoms with Crippen molar-refractivity contribution in [3.8, 4) is 0 Å². The highest BCUT2D eigenvalue weighted by atomic mass is 35.5. The molecule has 1 saturated heterocycles. The van der Waals surface area contributed by atoms with Crippen molar-refractivity contribution in [3.05, 3.63) is 41.9 Å². The van der Waals surface area contributed by atoms with Crippen molar-refractivity contribution in [3.63, 3.8) is 0 Å². The lowest BCUT2D eigenvalue weighted by molar-refractivity contribution is -0.133. The van der Waals surface area contributed by atoms with Crippen molar-refractivity contribution in [2.75, 3.05) is 24.2 Å². The molecule has 0 bridgehead atoms. The number of halogens is 1. The Hall–Kier alpha value is -1.77. The summed E-state index contributed by atoms with van der Waals surface area (Å²) in [6, 6.07) is 7.61. The van der Waals surface area contributed by atoms with E-state index in [0.29, 0.717) is 18.1 Å². The molecule has 1 aliphatic heterocycles. The molecule has 0 radical (unpaired) electrons. The largest absolute Gasteiger partial charge is 0.341 e. The summed E-state index contributed by atoms with van der Waals surface area (Å²) in [7, 11) is 0. The number of nitrogens with two attached hydrogens (primary N) is 1. The molecule has 0 aliphatic carbocycles. The maximum absolute atomic E-state index is 12.5. The van der Waals surface area contributed by atoms with Crippen molar-refractivity contribution in [2.45, 2.75) is 18.1 Å². The molecule has 0 saturated carbocycles. The summed E-state index contributed by atoms with van der Waals surface area (Å²) in [4.78, 5) is 20.3. The molecule has 2 N–H and O–H groups in total. The van der Waals surface area contributed by atoms with Crippen LogP contribution in [0.15, 0.2) is 36.9 Å². The first-order chi connectivity index (χ1) is 11.6. The molecule has 24 heavy (non-hydrogen) atoms. The van der Waals surface area contributed by atoms with Crippen molar-refractivity contribution < 1.29 is 4.79 Å². The molecule has 1 aromatic heterocycles. The standard InChI is InChI=1S/C15H19ClN6OS/c1-24-15-8-20(14(23)7-21-10-18-9-19-21)6-13(17)22(15)12-4-2-11(16)3-5-12/h2-5,9-10,13,15H,6-8,17H2,1H3. The van der Waals surface area contributed by atoms with Gasteiger partial charge < -0.3 is 15.5 Å². The molecule has 1 fully saturated rings. The molecule has 128 valence electrons. The Bertz CT molecular complexity index is 680. The highest BCUT2D eigenvalue weighted by Gasteiger charge is 2.34. The van der Waals surface area contributed by atoms with Crippen molar-refractivity contribution in [1.29, 1.82) is 0 Å². The second-order valence-corrected chi connectivity index (χ2v) is 6.99. The van der Waals surface area contributed by atoms with Crippen molar-refractivity contribution in [1.82, 2.24) is 19.7 Å². The number of nitrogens with zero attached hydrogens (tertiary/aromatic N) is 5. The molecule has 2 unspecified atom stereocenters. The van der Waals surface area contributed by atoms with Crippen LogP contribution in [0.1, 0.15) is 0 Å². The summed E-state index contributed by atoms with van der Waals surface area (Å²) in [6.45, 7) is 1.24. The van der Waals surface area contributed by atoms with E-state index < -0.39 is 0 Å². The Balaban J connectivity index is 1.73. The Kier molecular flexibility index (Phi) is 5.27. The molecule has 1 aliphatic rings. The average molecular weight is 367 g/mol. The van der Waals surface area contributed by atoms with Crippen LogP contribution >= 0.6 is 23.4 Å². The number of rotatable bonds is 4. The molecular weight excluding hydrogens is 348 g/mol. The van der Waals surface area contributed by atoms with Gasteiger partial charge in [-0.15, -0.1) is 11.8 Å². The molecule has 0 spiro atoms.